The average Bonchev–Trinajstić information content (AvgIpc) is 3.05. The number of likely N-dealkylation sites (tertiary alicyclic amines) is 1. The summed E-state index contributed by atoms with van der Waals surface area (Å²) in [6, 6.07) is 6.61. The molecule has 2 aliphatic heterocycles. The molecule has 2 fully saturated rings. The summed E-state index contributed by atoms with van der Waals surface area (Å²) in [4.78, 5) is 16.7. The summed E-state index contributed by atoms with van der Waals surface area (Å²) < 4.78 is 27.9. The Hall–Kier alpha value is -1.09. The molecule has 1 amide bonds. The monoisotopic (exact) mass is 383 g/mol. The number of likely N-dealkylation sites (N-methyl/N-ethyl adjacent to an activating group) is 1. The highest BCUT2D eigenvalue weighted by Crippen LogP contribution is 2.18. The van der Waals surface area contributed by atoms with Crippen molar-refractivity contribution in [2.75, 3.05) is 44.7 Å². The van der Waals surface area contributed by atoms with E-state index in [0.29, 0.717) is 25.2 Å². The van der Waals surface area contributed by atoms with Crippen molar-refractivity contribution in [3.05, 3.63) is 29.8 Å². The maximum atomic E-state index is 12.6. The van der Waals surface area contributed by atoms with Gasteiger partial charge in [0.2, 0.25) is 10.0 Å². The highest BCUT2D eigenvalue weighted by atomic mass is 32.2. The van der Waals surface area contributed by atoms with E-state index < -0.39 is 10.0 Å². The zero-order valence-electron chi connectivity index (χ0n) is 14.5. The second kappa shape index (κ2) is 8.07. The zero-order chi connectivity index (χ0) is 17.9. The van der Waals surface area contributed by atoms with E-state index in [1.165, 1.54) is 6.07 Å². The van der Waals surface area contributed by atoms with Crippen LogP contribution in [0.25, 0.3) is 0 Å². The van der Waals surface area contributed by atoms with Gasteiger partial charge in [-0.05, 0) is 44.6 Å². The molecule has 0 aliphatic carbocycles. The topological polar surface area (TPSA) is 69.7 Å². The molecule has 1 N–H and O–H groups in total. The normalized spacial score (nSPS) is 22.3. The molecule has 0 radical (unpaired) electrons. The second-order valence-electron chi connectivity index (χ2n) is 6.56. The van der Waals surface area contributed by atoms with E-state index in [-0.39, 0.29) is 16.8 Å². The molecule has 2 aliphatic rings. The Morgan fingerprint density at radius 3 is 2.72 bits per heavy atom. The third-order valence-electron chi connectivity index (χ3n) is 4.87. The standard InChI is InChI=1S/C17H25N3O3S2/c1-19-7-3-5-15(19)13-18-25(22,23)16-6-2-4-14(12-16)17(21)20-8-10-24-11-9-20/h2,4,6,12,15,18H,3,5,7-11,13H2,1H3/t15-/m1/s1. The number of amides is 1. The fourth-order valence-electron chi connectivity index (χ4n) is 3.27. The van der Waals surface area contributed by atoms with Crippen LogP contribution in [0.5, 0.6) is 0 Å². The van der Waals surface area contributed by atoms with Crippen molar-refractivity contribution in [3.63, 3.8) is 0 Å². The molecule has 0 unspecified atom stereocenters. The summed E-state index contributed by atoms with van der Waals surface area (Å²) in [6.45, 7) is 2.84. The van der Waals surface area contributed by atoms with Gasteiger partial charge in [-0.3, -0.25) is 4.79 Å². The second-order valence-corrected chi connectivity index (χ2v) is 9.55. The van der Waals surface area contributed by atoms with Crippen molar-refractivity contribution < 1.29 is 13.2 Å². The molecule has 0 spiro atoms. The minimum Gasteiger partial charge on any atom is -0.337 e. The van der Waals surface area contributed by atoms with E-state index in [9.17, 15) is 13.2 Å². The van der Waals surface area contributed by atoms with E-state index in [2.05, 4.69) is 9.62 Å². The third kappa shape index (κ3) is 4.55. The van der Waals surface area contributed by atoms with Crippen LogP contribution in [0.4, 0.5) is 0 Å². The first kappa shape index (κ1) is 18.7. The van der Waals surface area contributed by atoms with Gasteiger partial charge < -0.3 is 9.80 Å². The van der Waals surface area contributed by atoms with E-state index in [0.717, 1.165) is 30.9 Å². The summed E-state index contributed by atoms with van der Waals surface area (Å²) in [6.07, 6.45) is 2.10. The number of sulfonamides is 1. The lowest BCUT2D eigenvalue weighted by atomic mass is 10.2. The highest BCUT2D eigenvalue weighted by molar-refractivity contribution is 7.99. The van der Waals surface area contributed by atoms with Crippen LogP contribution >= 0.6 is 11.8 Å². The Bertz CT molecular complexity index is 718. The van der Waals surface area contributed by atoms with E-state index >= 15 is 0 Å². The summed E-state index contributed by atoms with van der Waals surface area (Å²) in [5.41, 5.74) is 0.438. The maximum Gasteiger partial charge on any atom is 0.253 e. The van der Waals surface area contributed by atoms with Gasteiger partial charge in [0.15, 0.2) is 0 Å². The van der Waals surface area contributed by atoms with Crippen molar-refractivity contribution in [3.8, 4) is 0 Å². The van der Waals surface area contributed by atoms with Crippen LogP contribution in [0.15, 0.2) is 29.2 Å². The largest absolute Gasteiger partial charge is 0.337 e. The lowest BCUT2D eigenvalue weighted by molar-refractivity contribution is 0.0772. The molecule has 138 valence electrons. The number of thioether (sulfide) groups is 1. The van der Waals surface area contributed by atoms with Crippen molar-refractivity contribution in [1.29, 1.82) is 0 Å². The minimum atomic E-state index is -3.61. The van der Waals surface area contributed by atoms with Crippen LogP contribution in [0.1, 0.15) is 23.2 Å². The predicted molar refractivity (Wildman–Crippen MR) is 101 cm³/mol. The van der Waals surface area contributed by atoms with Gasteiger partial charge in [0, 0.05) is 42.7 Å². The average molecular weight is 384 g/mol. The fraction of sp³-hybridized carbons (Fsp3) is 0.588. The van der Waals surface area contributed by atoms with Crippen LogP contribution < -0.4 is 4.72 Å². The molecule has 8 heteroatoms. The molecule has 3 rings (SSSR count). The lowest BCUT2D eigenvalue weighted by Crippen LogP contribution is -2.39. The van der Waals surface area contributed by atoms with Crippen LogP contribution in [0, 0.1) is 0 Å². The van der Waals surface area contributed by atoms with Crippen molar-refractivity contribution in [1.82, 2.24) is 14.5 Å². The maximum absolute atomic E-state index is 12.6. The van der Waals surface area contributed by atoms with Gasteiger partial charge >= 0.3 is 0 Å². The van der Waals surface area contributed by atoms with Crippen LogP contribution in [-0.4, -0.2) is 74.9 Å². The molecule has 1 aromatic carbocycles. The van der Waals surface area contributed by atoms with Gasteiger partial charge in [-0.2, -0.15) is 11.8 Å². The molecule has 6 nitrogen and oxygen atoms in total. The number of benzene rings is 1. The SMILES string of the molecule is CN1CCC[C@@H]1CNS(=O)(=O)c1cccc(C(=O)N2CCSCC2)c1. The van der Waals surface area contributed by atoms with Crippen molar-refractivity contribution in [2.24, 2.45) is 0 Å². The van der Waals surface area contributed by atoms with E-state index in [4.69, 9.17) is 0 Å². The molecule has 2 heterocycles. The van der Waals surface area contributed by atoms with E-state index in [1.807, 2.05) is 18.8 Å². The first-order valence-corrected chi connectivity index (χ1v) is 11.3. The van der Waals surface area contributed by atoms with E-state index in [1.54, 1.807) is 23.1 Å². The number of carbonyl (C=O) groups is 1. The van der Waals surface area contributed by atoms with Gasteiger partial charge in [0.25, 0.3) is 5.91 Å². The molecule has 25 heavy (non-hydrogen) atoms. The van der Waals surface area contributed by atoms with Gasteiger partial charge in [-0.25, -0.2) is 13.1 Å². The van der Waals surface area contributed by atoms with Crippen molar-refractivity contribution >= 4 is 27.7 Å². The van der Waals surface area contributed by atoms with Gasteiger partial charge in [-0.1, -0.05) is 6.07 Å². The Balaban J connectivity index is 1.70. The molecule has 1 atom stereocenters. The van der Waals surface area contributed by atoms with Crippen LogP contribution in [-0.2, 0) is 10.0 Å². The Kier molecular flexibility index (Phi) is 6.04. The molecule has 0 saturated carbocycles. The number of rotatable bonds is 5. The molecule has 0 bridgehead atoms. The lowest BCUT2D eigenvalue weighted by Gasteiger charge is -2.26. The third-order valence-corrected chi connectivity index (χ3v) is 7.23. The molecule has 1 aromatic rings. The first-order valence-electron chi connectivity index (χ1n) is 8.64. The number of carbonyl (C=O) groups excluding carboxylic acids is 1. The summed E-state index contributed by atoms with van der Waals surface area (Å²) in [5, 5.41) is 0. The summed E-state index contributed by atoms with van der Waals surface area (Å²) in [7, 11) is -1.59. The van der Waals surface area contributed by atoms with Crippen LogP contribution in [0.2, 0.25) is 0 Å². The first-order chi connectivity index (χ1) is 12.0. The number of hydrogen-bond acceptors (Lipinski definition) is 5. The molecular formula is C17H25N3O3S2. The molecule has 2 saturated heterocycles. The molecular weight excluding hydrogens is 358 g/mol. The number of nitrogens with zero attached hydrogens (tertiary/aromatic N) is 2. The van der Waals surface area contributed by atoms with Gasteiger partial charge in [-0.15, -0.1) is 0 Å². The smallest absolute Gasteiger partial charge is 0.253 e. The van der Waals surface area contributed by atoms with Gasteiger partial charge in [0.1, 0.15) is 0 Å². The van der Waals surface area contributed by atoms with Crippen molar-refractivity contribution in [2.45, 2.75) is 23.8 Å². The predicted octanol–water partition coefficient (Wildman–Crippen LogP) is 1.25. The Morgan fingerprint density at radius 2 is 2.04 bits per heavy atom. The number of hydrogen-bond donors (Lipinski definition) is 1. The van der Waals surface area contributed by atoms with Gasteiger partial charge in [0.05, 0.1) is 4.90 Å². The fourth-order valence-corrected chi connectivity index (χ4v) is 5.29. The Labute approximate surface area is 154 Å². The quantitative estimate of drug-likeness (QED) is 0.829. The summed E-state index contributed by atoms with van der Waals surface area (Å²) >= 11 is 1.83. The summed E-state index contributed by atoms with van der Waals surface area (Å²) in [5.74, 6) is 1.77. The van der Waals surface area contributed by atoms with Crippen LogP contribution in [0.3, 0.4) is 0 Å². The minimum absolute atomic E-state index is 0.0899. The number of nitrogens with one attached hydrogen (secondary N) is 1. The Morgan fingerprint density at radius 1 is 1.28 bits per heavy atom. The molecule has 0 aromatic heterocycles. The zero-order valence-corrected chi connectivity index (χ0v) is 16.1. The highest BCUT2D eigenvalue weighted by Gasteiger charge is 2.24.